The Morgan fingerprint density at radius 1 is 1.35 bits per heavy atom. The van der Waals surface area contributed by atoms with Gasteiger partial charge in [0.25, 0.3) is 0 Å². The van der Waals surface area contributed by atoms with Gasteiger partial charge in [0.05, 0.1) is 5.69 Å². The lowest BCUT2D eigenvalue weighted by Crippen LogP contribution is -2.26. The maximum Gasteiger partial charge on any atom is 0.336 e. The Labute approximate surface area is 100 Å². The van der Waals surface area contributed by atoms with E-state index in [-0.39, 0.29) is 6.10 Å². The topological polar surface area (TPSA) is 52.0 Å². The van der Waals surface area contributed by atoms with Gasteiger partial charge in [0.1, 0.15) is 12.4 Å². The summed E-state index contributed by atoms with van der Waals surface area (Å²) in [6.07, 6.45) is 1.70. The van der Waals surface area contributed by atoms with Crippen LogP contribution in [-0.4, -0.2) is 34.5 Å². The average molecular weight is 232 g/mol. The van der Waals surface area contributed by atoms with Crippen LogP contribution in [0.1, 0.15) is 6.92 Å². The standard InChI is InChI=1S/C12H16N4O/c1-10(8-13-2)17-12-14-9-16(15-12)11-6-4-3-5-7-11/h3-7,9-10,13H,8H2,1-2H3. The van der Waals surface area contributed by atoms with Gasteiger partial charge >= 0.3 is 6.01 Å². The molecule has 1 aromatic heterocycles. The van der Waals surface area contributed by atoms with Gasteiger partial charge in [0, 0.05) is 6.54 Å². The van der Waals surface area contributed by atoms with Crippen molar-refractivity contribution in [1.29, 1.82) is 0 Å². The molecule has 5 nitrogen and oxygen atoms in total. The Morgan fingerprint density at radius 3 is 2.82 bits per heavy atom. The van der Waals surface area contributed by atoms with Crippen LogP contribution in [0.5, 0.6) is 6.01 Å². The molecule has 0 spiro atoms. The first kappa shape index (κ1) is 11.6. The van der Waals surface area contributed by atoms with Gasteiger partial charge in [-0.15, -0.1) is 5.10 Å². The van der Waals surface area contributed by atoms with Crippen LogP contribution < -0.4 is 10.1 Å². The third-order valence-corrected chi connectivity index (χ3v) is 2.29. The Kier molecular flexibility index (Phi) is 3.72. The summed E-state index contributed by atoms with van der Waals surface area (Å²) in [6, 6.07) is 10.2. The maximum absolute atomic E-state index is 5.55. The Hall–Kier alpha value is -1.88. The second-order valence-corrected chi connectivity index (χ2v) is 3.79. The molecule has 1 heterocycles. The van der Waals surface area contributed by atoms with Crippen LogP contribution in [0.4, 0.5) is 0 Å². The maximum atomic E-state index is 5.55. The normalized spacial score (nSPS) is 12.4. The minimum atomic E-state index is 0.0478. The first-order chi connectivity index (χ1) is 8.29. The highest BCUT2D eigenvalue weighted by Crippen LogP contribution is 2.09. The molecule has 1 N–H and O–H groups in total. The molecule has 1 aromatic carbocycles. The van der Waals surface area contributed by atoms with Crippen molar-refractivity contribution in [3.05, 3.63) is 36.7 Å². The van der Waals surface area contributed by atoms with Crippen LogP contribution in [0.2, 0.25) is 0 Å². The molecule has 2 aromatic rings. The smallest absolute Gasteiger partial charge is 0.336 e. The second kappa shape index (κ2) is 5.45. The lowest BCUT2D eigenvalue weighted by atomic mass is 10.3. The highest BCUT2D eigenvalue weighted by atomic mass is 16.5. The lowest BCUT2D eigenvalue weighted by Gasteiger charge is -2.09. The Bertz CT molecular complexity index is 455. The van der Waals surface area contributed by atoms with Crippen molar-refractivity contribution in [2.24, 2.45) is 0 Å². The second-order valence-electron chi connectivity index (χ2n) is 3.79. The number of hydrogen-bond acceptors (Lipinski definition) is 4. The van der Waals surface area contributed by atoms with Crippen molar-refractivity contribution in [1.82, 2.24) is 20.1 Å². The van der Waals surface area contributed by atoms with Gasteiger partial charge < -0.3 is 10.1 Å². The minimum absolute atomic E-state index is 0.0478. The summed E-state index contributed by atoms with van der Waals surface area (Å²) < 4.78 is 7.25. The van der Waals surface area contributed by atoms with E-state index in [1.165, 1.54) is 0 Å². The number of ether oxygens (including phenoxy) is 1. The van der Waals surface area contributed by atoms with E-state index in [2.05, 4.69) is 15.4 Å². The van der Waals surface area contributed by atoms with Crippen molar-refractivity contribution in [3.63, 3.8) is 0 Å². The molecule has 17 heavy (non-hydrogen) atoms. The van der Waals surface area contributed by atoms with Gasteiger partial charge in [-0.05, 0) is 26.1 Å². The molecule has 0 amide bonds. The highest BCUT2D eigenvalue weighted by molar-refractivity contribution is 5.29. The molecule has 1 unspecified atom stereocenters. The van der Waals surface area contributed by atoms with E-state index in [1.54, 1.807) is 11.0 Å². The van der Waals surface area contributed by atoms with Gasteiger partial charge in [0.2, 0.25) is 0 Å². The molecule has 0 saturated heterocycles. The minimum Gasteiger partial charge on any atom is -0.458 e. The molecule has 0 saturated carbocycles. The zero-order chi connectivity index (χ0) is 12.1. The molecule has 0 fully saturated rings. The lowest BCUT2D eigenvalue weighted by molar-refractivity contribution is 0.202. The van der Waals surface area contributed by atoms with E-state index in [1.807, 2.05) is 44.3 Å². The molecular weight excluding hydrogens is 216 g/mol. The summed E-state index contributed by atoms with van der Waals surface area (Å²) in [5.74, 6) is 0. The number of nitrogens with one attached hydrogen (secondary N) is 1. The molecule has 0 aliphatic rings. The predicted octanol–water partition coefficient (Wildman–Crippen LogP) is 1.25. The van der Waals surface area contributed by atoms with Gasteiger partial charge in [0.15, 0.2) is 0 Å². The van der Waals surface area contributed by atoms with Crippen molar-refractivity contribution in [2.45, 2.75) is 13.0 Å². The summed E-state index contributed by atoms with van der Waals surface area (Å²) in [5, 5.41) is 7.30. The number of nitrogens with zero attached hydrogens (tertiary/aromatic N) is 3. The Morgan fingerprint density at radius 2 is 2.12 bits per heavy atom. The van der Waals surface area contributed by atoms with Crippen molar-refractivity contribution in [2.75, 3.05) is 13.6 Å². The monoisotopic (exact) mass is 232 g/mol. The summed E-state index contributed by atoms with van der Waals surface area (Å²) in [7, 11) is 1.88. The van der Waals surface area contributed by atoms with Crippen molar-refractivity contribution >= 4 is 0 Å². The SMILES string of the molecule is CNCC(C)Oc1ncn(-c2ccccc2)n1. The van der Waals surface area contributed by atoms with Crippen molar-refractivity contribution in [3.8, 4) is 11.7 Å². The van der Waals surface area contributed by atoms with Gasteiger partial charge in [-0.1, -0.05) is 18.2 Å². The van der Waals surface area contributed by atoms with Gasteiger partial charge in [-0.25, -0.2) is 4.68 Å². The average Bonchev–Trinajstić information content (AvgIpc) is 2.79. The zero-order valence-electron chi connectivity index (χ0n) is 10.00. The molecule has 90 valence electrons. The Balaban J connectivity index is 2.06. The summed E-state index contributed by atoms with van der Waals surface area (Å²) >= 11 is 0. The van der Waals surface area contributed by atoms with Gasteiger partial charge in [-0.2, -0.15) is 4.98 Å². The molecule has 5 heteroatoms. The van der Waals surface area contributed by atoms with Crippen LogP contribution in [0.15, 0.2) is 36.7 Å². The highest BCUT2D eigenvalue weighted by Gasteiger charge is 2.07. The van der Waals surface area contributed by atoms with Crippen LogP contribution in [-0.2, 0) is 0 Å². The molecular formula is C12H16N4O. The molecule has 0 radical (unpaired) electrons. The summed E-state index contributed by atoms with van der Waals surface area (Å²) in [6.45, 7) is 2.74. The van der Waals surface area contributed by atoms with Crippen LogP contribution in [0.25, 0.3) is 5.69 Å². The first-order valence-corrected chi connectivity index (χ1v) is 5.58. The molecule has 0 aliphatic carbocycles. The van der Waals surface area contributed by atoms with E-state index in [0.717, 1.165) is 12.2 Å². The number of likely N-dealkylation sites (N-methyl/N-ethyl adjacent to an activating group) is 1. The van der Waals surface area contributed by atoms with Crippen LogP contribution >= 0.6 is 0 Å². The molecule has 0 bridgehead atoms. The quantitative estimate of drug-likeness (QED) is 0.843. The zero-order valence-corrected chi connectivity index (χ0v) is 10.00. The number of rotatable bonds is 5. The van der Waals surface area contributed by atoms with E-state index in [9.17, 15) is 0 Å². The fraction of sp³-hybridized carbons (Fsp3) is 0.333. The number of benzene rings is 1. The van der Waals surface area contributed by atoms with Gasteiger partial charge in [-0.3, -0.25) is 0 Å². The molecule has 0 aliphatic heterocycles. The molecule has 1 atom stereocenters. The van der Waals surface area contributed by atoms with Crippen molar-refractivity contribution < 1.29 is 4.74 Å². The largest absolute Gasteiger partial charge is 0.458 e. The first-order valence-electron chi connectivity index (χ1n) is 5.58. The van der Waals surface area contributed by atoms with Crippen LogP contribution in [0, 0.1) is 0 Å². The van der Waals surface area contributed by atoms with E-state index >= 15 is 0 Å². The fourth-order valence-electron chi connectivity index (χ4n) is 1.52. The number of para-hydroxylation sites is 1. The third-order valence-electron chi connectivity index (χ3n) is 2.29. The predicted molar refractivity (Wildman–Crippen MR) is 65.4 cm³/mol. The summed E-state index contributed by atoms with van der Waals surface area (Å²) in [5.41, 5.74) is 0.969. The number of aromatic nitrogens is 3. The van der Waals surface area contributed by atoms with E-state index in [0.29, 0.717) is 6.01 Å². The van der Waals surface area contributed by atoms with E-state index in [4.69, 9.17) is 4.74 Å². The van der Waals surface area contributed by atoms with E-state index < -0.39 is 0 Å². The summed E-state index contributed by atoms with van der Waals surface area (Å²) in [4.78, 5) is 4.12. The number of hydrogen-bond donors (Lipinski definition) is 1. The fourth-order valence-corrected chi connectivity index (χ4v) is 1.52. The molecule has 2 rings (SSSR count). The third kappa shape index (κ3) is 3.04. The van der Waals surface area contributed by atoms with Crippen LogP contribution in [0.3, 0.4) is 0 Å².